The molecule has 0 aliphatic carbocycles. The summed E-state index contributed by atoms with van der Waals surface area (Å²) in [5.41, 5.74) is 1.76. The van der Waals surface area contributed by atoms with Crippen LogP contribution in [0.25, 0.3) is 21.1 Å². The maximum absolute atomic E-state index is 13.9. The molecule has 15 nitrogen and oxygen atoms in total. The molecule has 1 N–H and O–H groups in total. The molecule has 3 saturated heterocycles. The number of thiophene rings is 1. The second-order valence-corrected chi connectivity index (χ2v) is 17.1. The van der Waals surface area contributed by atoms with Crippen LogP contribution in [0.1, 0.15) is 42.9 Å². The predicted octanol–water partition coefficient (Wildman–Crippen LogP) is 4.55. The molecule has 3 aliphatic heterocycles. The quantitative estimate of drug-likeness (QED) is 0.139. The van der Waals surface area contributed by atoms with Crippen LogP contribution < -0.4 is 14.8 Å². The molecule has 4 aromatic heterocycles. The molecular weight excluding hydrogens is 811 g/mol. The van der Waals surface area contributed by atoms with Gasteiger partial charge in [-0.05, 0) is 61.5 Å². The summed E-state index contributed by atoms with van der Waals surface area (Å²) in [5, 5.41) is 10.1. The van der Waals surface area contributed by atoms with E-state index in [0.29, 0.717) is 94.8 Å². The number of hydrogen-bond acceptors (Lipinski definition) is 13. The Morgan fingerprint density at radius 2 is 1.77 bits per heavy atom. The van der Waals surface area contributed by atoms with Gasteiger partial charge in [-0.2, -0.15) is 0 Å². The van der Waals surface area contributed by atoms with Gasteiger partial charge in [0.2, 0.25) is 5.91 Å². The van der Waals surface area contributed by atoms with Gasteiger partial charge in [0.15, 0.2) is 17.4 Å². The maximum atomic E-state index is 13.9. The van der Waals surface area contributed by atoms with Crippen LogP contribution in [0.3, 0.4) is 0 Å². The normalized spacial score (nSPS) is 20.8. The summed E-state index contributed by atoms with van der Waals surface area (Å²) >= 11 is 1.66. The van der Waals surface area contributed by atoms with Gasteiger partial charge in [0.1, 0.15) is 24.2 Å². The zero-order valence-corrected chi connectivity index (χ0v) is 35.7. The number of carbonyl (C=O) groups is 2. The van der Waals surface area contributed by atoms with Crippen LogP contribution in [0.4, 0.5) is 8.78 Å². The van der Waals surface area contributed by atoms with Crippen molar-refractivity contribution in [1.82, 2.24) is 39.6 Å². The van der Waals surface area contributed by atoms with Crippen molar-refractivity contribution in [2.75, 3.05) is 85.4 Å². The van der Waals surface area contributed by atoms with E-state index >= 15 is 0 Å². The molecule has 0 saturated carbocycles. The van der Waals surface area contributed by atoms with E-state index in [0.717, 1.165) is 59.8 Å². The van der Waals surface area contributed by atoms with E-state index in [2.05, 4.69) is 32.2 Å². The highest BCUT2D eigenvalue weighted by Gasteiger charge is 2.34. The van der Waals surface area contributed by atoms with E-state index < -0.39 is 11.6 Å². The van der Waals surface area contributed by atoms with Gasteiger partial charge in [-0.15, -0.1) is 11.3 Å². The number of hydrogen-bond donors (Lipinski definition) is 1. The summed E-state index contributed by atoms with van der Waals surface area (Å²) in [6.07, 6.45) is 3.83. The van der Waals surface area contributed by atoms with Gasteiger partial charge in [-0.1, -0.05) is 0 Å². The van der Waals surface area contributed by atoms with Crippen molar-refractivity contribution in [3.63, 3.8) is 0 Å². The number of ether oxygens (including phenoxy) is 4. The van der Waals surface area contributed by atoms with Crippen LogP contribution >= 0.6 is 11.3 Å². The predicted molar refractivity (Wildman–Crippen MR) is 225 cm³/mol. The highest BCUT2D eigenvalue weighted by molar-refractivity contribution is 7.17. The van der Waals surface area contributed by atoms with Gasteiger partial charge in [-0.3, -0.25) is 24.4 Å². The minimum atomic E-state index is -0.959. The number of nitrogens with zero attached hydrogens (tertiary/aromatic N) is 7. The number of pyridine rings is 1. The van der Waals surface area contributed by atoms with E-state index in [1.165, 1.54) is 0 Å². The molecule has 0 unspecified atom stereocenters. The van der Waals surface area contributed by atoms with Gasteiger partial charge >= 0.3 is 0 Å². The van der Waals surface area contributed by atoms with E-state index in [1.807, 2.05) is 35.4 Å². The summed E-state index contributed by atoms with van der Waals surface area (Å²) < 4.78 is 59.8. The molecule has 1 aromatic carbocycles. The number of piperazine rings is 2. The molecule has 0 bridgehead atoms. The Bertz CT molecular complexity index is 2280. The minimum Gasteiger partial charge on any atom is -0.489 e. The lowest BCUT2D eigenvalue weighted by atomic mass is 10.1. The molecule has 0 spiro atoms. The first-order valence-corrected chi connectivity index (χ1v) is 21.9. The van der Waals surface area contributed by atoms with E-state index in [1.54, 1.807) is 40.1 Å². The lowest BCUT2D eigenvalue weighted by molar-refractivity contribution is -0.138. The smallest absolute Gasteiger partial charge is 0.270 e. The van der Waals surface area contributed by atoms with Crippen LogP contribution in [-0.4, -0.2) is 156 Å². The minimum absolute atomic E-state index is 0.00389. The van der Waals surface area contributed by atoms with Crippen molar-refractivity contribution in [2.24, 2.45) is 7.05 Å². The number of halogens is 2. The Hall–Kier alpha value is -4.72. The molecule has 0 radical (unpaired) electrons. The third kappa shape index (κ3) is 10.3. The van der Waals surface area contributed by atoms with Crippen molar-refractivity contribution < 1.29 is 41.8 Å². The number of piperidine rings is 1. The topological polar surface area (TPSA) is 140 Å². The number of likely N-dealkylation sites (tertiary alicyclic amines) is 1. The van der Waals surface area contributed by atoms with E-state index in [-0.39, 0.29) is 42.6 Å². The molecule has 3 aliphatic rings. The van der Waals surface area contributed by atoms with Crippen molar-refractivity contribution in [3.8, 4) is 11.6 Å². The van der Waals surface area contributed by atoms with Gasteiger partial charge < -0.3 is 43.2 Å². The second kappa shape index (κ2) is 19.5. The zero-order chi connectivity index (χ0) is 42.5. The summed E-state index contributed by atoms with van der Waals surface area (Å²) in [4.78, 5) is 39.6. The Kier molecular flexibility index (Phi) is 13.8. The monoisotopic (exact) mass is 864 g/mol. The van der Waals surface area contributed by atoms with Crippen LogP contribution in [0, 0.1) is 11.6 Å². The molecule has 328 valence electrons. The van der Waals surface area contributed by atoms with Crippen LogP contribution in [0.5, 0.6) is 11.6 Å². The van der Waals surface area contributed by atoms with Crippen LogP contribution in [-0.2, 0) is 27.9 Å². The Balaban J connectivity index is 0.702. The van der Waals surface area contributed by atoms with Crippen molar-refractivity contribution in [1.29, 1.82) is 0 Å². The fourth-order valence-corrected chi connectivity index (χ4v) is 9.28. The molecule has 18 heteroatoms. The van der Waals surface area contributed by atoms with Gasteiger partial charge in [0.05, 0.1) is 55.3 Å². The van der Waals surface area contributed by atoms with Crippen LogP contribution in [0.2, 0.25) is 0 Å². The number of benzene rings is 1. The summed E-state index contributed by atoms with van der Waals surface area (Å²) in [7, 11) is 1.67. The molecule has 5 aromatic rings. The van der Waals surface area contributed by atoms with Crippen molar-refractivity contribution >= 4 is 44.3 Å². The maximum Gasteiger partial charge on any atom is 0.270 e. The number of nitrogens with one attached hydrogen (secondary N) is 1. The average Bonchev–Trinajstić information content (AvgIpc) is 4.00. The lowest BCUT2D eigenvalue weighted by Gasteiger charge is -2.43. The zero-order valence-electron chi connectivity index (χ0n) is 34.9. The Labute approximate surface area is 357 Å². The number of aromatic nitrogens is 3. The average molecular weight is 865 g/mol. The highest BCUT2D eigenvalue weighted by atomic mass is 32.1. The lowest BCUT2D eigenvalue weighted by Crippen LogP contribution is -2.61. The first-order valence-electron chi connectivity index (χ1n) is 21.1. The molecular formula is C43H54F2N8O7S. The van der Waals surface area contributed by atoms with E-state index in [9.17, 15) is 18.4 Å². The fraction of sp³-hybridized carbons (Fsp3) is 0.535. The summed E-state index contributed by atoms with van der Waals surface area (Å²) in [6, 6.07) is 9.61. The SMILES string of the molecule is C[C@@H]1CN(CC(=O)N2CCN(C(=O)c3cc4cc(F)c(F)cc4n3C)C[C@H]2C)[C@@H](COCCOCCOc2cc(CN3CCC(Oc4ccnc5ccsc45)CC3)on2)CN1. The standard InChI is InChI=1S/C43H54F2N8O7S/c1-28-23-52(26-41(54)53-12-11-51(24-29(53)2)43(55)38-19-30-18-34(44)35(45)21-37(30)49(38)3)31(22-47-28)27-57-14-13-56-15-16-58-40-20-33(60-48-40)25-50-9-5-32(6-10-50)59-39-4-8-46-36-7-17-61-42(36)39/h4,7-8,17-21,28-29,31-32,47H,5-6,9-16,22-27H2,1-3H3/t28-,29-,31-/m1/s1. The van der Waals surface area contributed by atoms with Crippen molar-refractivity contribution in [3.05, 3.63) is 71.1 Å². The van der Waals surface area contributed by atoms with E-state index in [4.69, 9.17) is 23.5 Å². The Morgan fingerprint density at radius 3 is 2.61 bits per heavy atom. The molecule has 2 amide bonds. The third-order valence-corrected chi connectivity index (χ3v) is 12.7. The molecule has 3 fully saturated rings. The van der Waals surface area contributed by atoms with Gasteiger partial charge in [0.25, 0.3) is 11.8 Å². The third-order valence-electron chi connectivity index (χ3n) is 11.8. The van der Waals surface area contributed by atoms with Gasteiger partial charge in [0, 0.05) is 94.7 Å². The Morgan fingerprint density at radius 1 is 0.967 bits per heavy atom. The number of amides is 2. The number of rotatable bonds is 16. The summed E-state index contributed by atoms with van der Waals surface area (Å²) in [6.45, 7) is 11.2. The fourth-order valence-electron chi connectivity index (χ4n) is 8.47. The molecule has 8 rings (SSSR count). The first-order chi connectivity index (χ1) is 29.6. The largest absolute Gasteiger partial charge is 0.489 e. The highest BCUT2D eigenvalue weighted by Crippen LogP contribution is 2.31. The molecule has 7 heterocycles. The first kappa shape index (κ1) is 42.9. The van der Waals surface area contributed by atoms with Gasteiger partial charge in [-0.25, -0.2) is 8.78 Å². The van der Waals surface area contributed by atoms with Crippen LogP contribution in [0.15, 0.2) is 52.5 Å². The summed E-state index contributed by atoms with van der Waals surface area (Å²) in [5.74, 6) is -0.0504. The second-order valence-electron chi connectivity index (χ2n) is 16.2. The van der Waals surface area contributed by atoms with Crippen molar-refractivity contribution in [2.45, 2.75) is 57.5 Å². The molecule has 61 heavy (non-hydrogen) atoms. The number of fused-ring (bicyclic) bond motifs is 2. The number of aryl methyl sites for hydroxylation is 1. The molecule has 3 atom stereocenters. The number of carbonyl (C=O) groups excluding carboxylic acids is 2.